The summed E-state index contributed by atoms with van der Waals surface area (Å²) in [4.78, 5) is 19.9. The predicted molar refractivity (Wildman–Crippen MR) is 76.8 cm³/mol. The van der Waals surface area contributed by atoms with Crippen LogP contribution in [-0.4, -0.2) is 43.6 Å². The summed E-state index contributed by atoms with van der Waals surface area (Å²) in [5.41, 5.74) is -3.33. The van der Waals surface area contributed by atoms with Gasteiger partial charge in [0.15, 0.2) is 0 Å². The fraction of sp³-hybridized carbons (Fsp3) is 0.200. The molecule has 0 saturated heterocycles. The molecule has 0 saturated carbocycles. The van der Waals surface area contributed by atoms with Gasteiger partial charge in [-0.25, -0.2) is 0 Å². The Morgan fingerprint density at radius 3 is 2.38 bits per heavy atom. The summed E-state index contributed by atoms with van der Waals surface area (Å²) in [5.74, 6) is -1.10. The molecule has 2 aromatic heterocycles. The van der Waals surface area contributed by atoms with Crippen LogP contribution in [-0.2, 0) is 0 Å². The number of rotatable bonds is 2. The molecule has 1 aliphatic rings. The van der Waals surface area contributed by atoms with Gasteiger partial charge in [0.2, 0.25) is 0 Å². The Hall–Kier alpha value is -2.81. The highest BCUT2D eigenvalue weighted by Crippen LogP contribution is 2.41. The molecular weight excluding hydrogens is 325 g/mol. The number of hydrogen-bond donors (Lipinski definition) is 1. The van der Waals surface area contributed by atoms with E-state index in [0.29, 0.717) is 5.56 Å². The molecule has 1 N–H and O–H groups in total. The highest BCUT2D eigenvalue weighted by molar-refractivity contribution is 6.05. The van der Waals surface area contributed by atoms with Gasteiger partial charge in [-0.2, -0.15) is 23.3 Å². The van der Waals surface area contributed by atoms with E-state index < -0.39 is 24.2 Å². The number of carbonyl (C=O) groups excluding carboxylic acids is 1. The molecule has 1 amide bonds. The van der Waals surface area contributed by atoms with E-state index in [4.69, 9.17) is 0 Å². The zero-order valence-electron chi connectivity index (χ0n) is 12.1. The number of pyridine rings is 2. The van der Waals surface area contributed by atoms with Crippen molar-refractivity contribution in [2.75, 3.05) is 0 Å². The Balaban J connectivity index is 2.05. The zero-order valence-corrected chi connectivity index (χ0v) is 12.1. The summed E-state index contributed by atoms with van der Waals surface area (Å²) < 4.78 is 40.2. The van der Waals surface area contributed by atoms with E-state index in [-0.39, 0.29) is 16.3 Å². The molecule has 0 radical (unpaired) electrons. The van der Waals surface area contributed by atoms with Crippen LogP contribution in [0.3, 0.4) is 0 Å². The number of halogens is 3. The molecule has 3 rings (SSSR count). The number of aliphatic hydroxyl groups is 1. The quantitative estimate of drug-likeness (QED) is 0.909. The molecule has 0 bridgehead atoms. The van der Waals surface area contributed by atoms with Crippen molar-refractivity contribution >= 4 is 11.6 Å². The monoisotopic (exact) mass is 336 g/mol. The maximum absolute atomic E-state index is 13.4. The molecule has 0 spiro atoms. The van der Waals surface area contributed by atoms with Crippen LogP contribution in [0.1, 0.15) is 22.3 Å². The van der Waals surface area contributed by atoms with E-state index in [1.165, 1.54) is 42.9 Å². The van der Waals surface area contributed by atoms with Crippen molar-refractivity contribution in [2.24, 2.45) is 5.10 Å². The fourth-order valence-electron chi connectivity index (χ4n) is 2.29. The first kappa shape index (κ1) is 16.1. The van der Waals surface area contributed by atoms with Crippen LogP contribution in [0.25, 0.3) is 0 Å². The van der Waals surface area contributed by atoms with E-state index in [0.717, 1.165) is 6.20 Å². The molecule has 124 valence electrons. The highest BCUT2D eigenvalue weighted by Gasteiger charge is 2.63. The molecule has 3 heterocycles. The SMILES string of the molecule is O=C(c1cccnc1)N1N=C(c2cccnc2)CC1(O)C(F)(F)F. The topological polar surface area (TPSA) is 78.7 Å². The average Bonchev–Trinajstić information content (AvgIpc) is 2.95. The third kappa shape index (κ3) is 2.62. The van der Waals surface area contributed by atoms with Crippen LogP contribution in [0, 0.1) is 0 Å². The van der Waals surface area contributed by atoms with Crippen molar-refractivity contribution < 1.29 is 23.1 Å². The Morgan fingerprint density at radius 2 is 1.83 bits per heavy atom. The minimum Gasteiger partial charge on any atom is -0.362 e. The van der Waals surface area contributed by atoms with Crippen LogP contribution in [0.2, 0.25) is 0 Å². The molecule has 24 heavy (non-hydrogen) atoms. The van der Waals surface area contributed by atoms with Crippen molar-refractivity contribution in [3.63, 3.8) is 0 Å². The zero-order chi connectivity index (χ0) is 17.4. The molecule has 0 fully saturated rings. The van der Waals surface area contributed by atoms with Crippen molar-refractivity contribution in [3.05, 3.63) is 60.2 Å². The van der Waals surface area contributed by atoms with E-state index in [9.17, 15) is 23.1 Å². The van der Waals surface area contributed by atoms with Gasteiger partial charge in [0.1, 0.15) is 0 Å². The van der Waals surface area contributed by atoms with Crippen molar-refractivity contribution in [2.45, 2.75) is 18.3 Å². The average molecular weight is 336 g/mol. The van der Waals surface area contributed by atoms with Gasteiger partial charge in [-0.15, -0.1) is 0 Å². The van der Waals surface area contributed by atoms with Crippen LogP contribution < -0.4 is 0 Å². The van der Waals surface area contributed by atoms with Crippen molar-refractivity contribution in [3.8, 4) is 0 Å². The largest absolute Gasteiger partial charge is 0.438 e. The number of carbonyl (C=O) groups is 1. The summed E-state index contributed by atoms with van der Waals surface area (Å²) in [7, 11) is 0. The molecule has 0 aliphatic carbocycles. The summed E-state index contributed by atoms with van der Waals surface area (Å²) in [5, 5.41) is 14.0. The van der Waals surface area contributed by atoms with Gasteiger partial charge in [-0.3, -0.25) is 14.8 Å². The van der Waals surface area contributed by atoms with E-state index in [2.05, 4.69) is 15.1 Å². The molecule has 6 nitrogen and oxygen atoms in total. The van der Waals surface area contributed by atoms with Crippen molar-refractivity contribution in [1.29, 1.82) is 0 Å². The summed E-state index contributed by atoms with van der Waals surface area (Å²) >= 11 is 0. The maximum atomic E-state index is 13.4. The minimum absolute atomic E-state index is 0.0619. The van der Waals surface area contributed by atoms with Gasteiger partial charge in [0, 0.05) is 30.4 Å². The Bertz CT molecular complexity index is 780. The summed E-state index contributed by atoms with van der Waals surface area (Å²) in [6.45, 7) is 0. The van der Waals surface area contributed by atoms with Crippen molar-refractivity contribution in [1.82, 2.24) is 15.0 Å². The summed E-state index contributed by atoms with van der Waals surface area (Å²) in [6, 6.07) is 5.72. The first-order chi connectivity index (χ1) is 11.3. The standard InChI is InChI=1S/C15H11F3N4O2/c16-15(17,18)14(24)7-12(10-3-1-5-19-8-10)21-22(14)13(23)11-4-2-6-20-9-11/h1-6,8-9,24H,7H2. The first-order valence-electron chi connectivity index (χ1n) is 6.84. The Kier molecular flexibility index (Phi) is 3.80. The van der Waals surface area contributed by atoms with Gasteiger partial charge in [-0.05, 0) is 18.2 Å². The van der Waals surface area contributed by atoms with Crippen LogP contribution in [0.5, 0.6) is 0 Å². The van der Waals surface area contributed by atoms with E-state index >= 15 is 0 Å². The molecular formula is C15H11F3N4O2. The second-order valence-corrected chi connectivity index (χ2v) is 5.14. The Morgan fingerprint density at radius 1 is 1.17 bits per heavy atom. The lowest BCUT2D eigenvalue weighted by Crippen LogP contribution is -2.56. The lowest BCUT2D eigenvalue weighted by molar-refractivity contribution is -0.297. The highest BCUT2D eigenvalue weighted by atomic mass is 19.4. The number of hydrazone groups is 1. The second-order valence-electron chi connectivity index (χ2n) is 5.14. The fourth-order valence-corrected chi connectivity index (χ4v) is 2.29. The third-order valence-electron chi connectivity index (χ3n) is 3.53. The lowest BCUT2D eigenvalue weighted by Gasteiger charge is -2.32. The minimum atomic E-state index is -5.08. The van der Waals surface area contributed by atoms with Crippen LogP contribution in [0.4, 0.5) is 13.2 Å². The number of amides is 1. The van der Waals surface area contributed by atoms with E-state index in [1.54, 1.807) is 0 Å². The molecule has 1 unspecified atom stereocenters. The number of nitrogens with zero attached hydrogens (tertiary/aromatic N) is 4. The third-order valence-corrected chi connectivity index (χ3v) is 3.53. The van der Waals surface area contributed by atoms with Gasteiger partial charge in [0.25, 0.3) is 11.6 Å². The number of alkyl halides is 3. The molecule has 2 aromatic rings. The number of aromatic nitrogens is 2. The smallest absolute Gasteiger partial charge is 0.362 e. The lowest BCUT2D eigenvalue weighted by atomic mass is 10.0. The second kappa shape index (κ2) is 5.68. The molecule has 9 heteroatoms. The molecule has 1 aliphatic heterocycles. The van der Waals surface area contributed by atoms with Gasteiger partial charge in [0.05, 0.1) is 17.7 Å². The molecule has 0 aromatic carbocycles. The maximum Gasteiger partial charge on any atom is 0.438 e. The Labute approximate surface area is 134 Å². The summed E-state index contributed by atoms with van der Waals surface area (Å²) in [6.07, 6.45) is -0.717. The van der Waals surface area contributed by atoms with Gasteiger partial charge >= 0.3 is 6.18 Å². The van der Waals surface area contributed by atoms with E-state index in [1.807, 2.05) is 0 Å². The molecule has 1 atom stereocenters. The normalized spacial score (nSPS) is 20.8. The number of hydrogen-bond acceptors (Lipinski definition) is 5. The van der Waals surface area contributed by atoms with Crippen LogP contribution in [0.15, 0.2) is 54.2 Å². The van der Waals surface area contributed by atoms with Gasteiger partial charge in [-0.1, -0.05) is 6.07 Å². The van der Waals surface area contributed by atoms with Gasteiger partial charge < -0.3 is 5.11 Å². The predicted octanol–water partition coefficient (Wildman–Crippen LogP) is 1.98. The first-order valence-corrected chi connectivity index (χ1v) is 6.84. The van der Waals surface area contributed by atoms with Crippen LogP contribution >= 0.6 is 0 Å².